The van der Waals surface area contributed by atoms with E-state index in [1.807, 2.05) is 34.9 Å². The molecular weight excluding hydrogens is 457 g/mol. The van der Waals surface area contributed by atoms with E-state index in [1.54, 1.807) is 12.5 Å². The van der Waals surface area contributed by atoms with Crippen molar-refractivity contribution in [2.45, 2.75) is 50.2 Å². The van der Waals surface area contributed by atoms with Crippen LogP contribution in [0.15, 0.2) is 61.1 Å². The molecule has 9 heteroatoms. The molecule has 0 radical (unpaired) electrons. The third-order valence-electron chi connectivity index (χ3n) is 6.94. The largest absolute Gasteiger partial charge is 0.416 e. The Balaban J connectivity index is 1.43. The fourth-order valence-electron chi connectivity index (χ4n) is 5.26. The zero-order valence-electron chi connectivity index (χ0n) is 19.0. The number of benzene rings is 2. The van der Waals surface area contributed by atoms with Gasteiger partial charge in [0, 0.05) is 42.0 Å². The zero-order chi connectivity index (χ0) is 24.4. The highest BCUT2D eigenvalue weighted by atomic mass is 19.4. The summed E-state index contributed by atoms with van der Waals surface area (Å²) in [4.78, 5) is 14.8. The van der Waals surface area contributed by atoms with E-state index in [4.69, 9.17) is 4.74 Å². The van der Waals surface area contributed by atoms with Crippen LogP contribution in [0.2, 0.25) is 0 Å². The van der Waals surface area contributed by atoms with Crippen molar-refractivity contribution in [2.24, 2.45) is 5.92 Å². The SMILES string of the molecule is O=CNCCc1cncn1CC1CCC2C(O1)c1cc(C(F)(F)F)ccc1N[C@H]2c1ccccc1. The lowest BCUT2D eigenvalue weighted by Crippen LogP contribution is -2.40. The number of nitrogens with one attached hydrogen (secondary N) is 2. The van der Waals surface area contributed by atoms with E-state index >= 15 is 0 Å². The smallest absolute Gasteiger partial charge is 0.378 e. The van der Waals surface area contributed by atoms with E-state index in [9.17, 15) is 18.0 Å². The van der Waals surface area contributed by atoms with Gasteiger partial charge in [0.25, 0.3) is 0 Å². The second kappa shape index (κ2) is 9.73. The maximum Gasteiger partial charge on any atom is 0.416 e. The first-order valence-corrected chi connectivity index (χ1v) is 11.8. The molecule has 3 unspecified atom stereocenters. The highest BCUT2D eigenvalue weighted by Crippen LogP contribution is 2.51. The van der Waals surface area contributed by atoms with Crippen molar-refractivity contribution in [1.82, 2.24) is 14.9 Å². The molecule has 1 fully saturated rings. The van der Waals surface area contributed by atoms with Crippen LogP contribution in [0, 0.1) is 5.92 Å². The zero-order valence-corrected chi connectivity index (χ0v) is 19.0. The number of carbonyl (C=O) groups excluding carboxylic acids is 1. The Labute approximate surface area is 201 Å². The quantitative estimate of drug-likeness (QED) is 0.370. The van der Waals surface area contributed by atoms with Crippen LogP contribution < -0.4 is 10.6 Å². The first kappa shape index (κ1) is 23.4. The number of alkyl halides is 3. The van der Waals surface area contributed by atoms with Gasteiger partial charge in [-0.1, -0.05) is 30.3 Å². The molecule has 5 rings (SSSR count). The van der Waals surface area contributed by atoms with Crippen molar-refractivity contribution < 1.29 is 22.7 Å². The molecule has 0 spiro atoms. The summed E-state index contributed by atoms with van der Waals surface area (Å²) in [6, 6.07) is 13.8. The molecule has 3 heterocycles. The number of amides is 1. The standard InChI is InChI=1S/C26H27F3N4O2/c27-26(28,29)18-6-9-23-22(12-18)25-21(24(32-23)17-4-2-1-3-5-17)8-7-20(35-25)14-33-15-31-13-19(33)10-11-30-16-34/h1-6,9,12-13,15-16,20-21,24-25,32H,7-8,10-11,14H2,(H,30,34)/t20?,21?,24-,25?/m0/s1. The van der Waals surface area contributed by atoms with Crippen LogP contribution in [-0.2, 0) is 28.7 Å². The van der Waals surface area contributed by atoms with Gasteiger partial charge in [-0.05, 0) is 36.6 Å². The maximum atomic E-state index is 13.5. The monoisotopic (exact) mass is 484 g/mol. The van der Waals surface area contributed by atoms with Crippen LogP contribution in [0.5, 0.6) is 0 Å². The highest BCUT2D eigenvalue weighted by Gasteiger charge is 2.43. The molecule has 1 saturated heterocycles. The van der Waals surface area contributed by atoms with E-state index in [0.717, 1.165) is 30.2 Å². The molecule has 1 aromatic heterocycles. The minimum atomic E-state index is -4.42. The predicted octanol–water partition coefficient (Wildman–Crippen LogP) is 4.89. The Bertz CT molecular complexity index is 1160. The van der Waals surface area contributed by atoms with Gasteiger partial charge >= 0.3 is 6.18 Å². The Kier molecular flexibility index (Phi) is 6.51. The van der Waals surface area contributed by atoms with Crippen LogP contribution in [-0.4, -0.2) is 28.6 Å². The average Bonchev–Trinajstić information content (AvgIpc) is 3.30. The number of rotatable bonds is 7. The summed E-state index contributed by atoms with van der Waals surface area (Å²) in [6.07, 6.45) is 1.35. The van der Waals surface area contributed by atoms with Crippen molar-refractivity contribution in [1.29, 1.82) is 0 Å². The summed E-state index contributed by atoms with van der Waals surface area (Å²) < 4.78 is 49.1. The molecule has 4 atom stereocenters. The van der Waals surface area contributed by atoms with Crippen molar-refractivity contribution in [3.05, 3.63) is 83.4 Å². The molecule has 2 aliphatic heterocycles. The van der Waals surface area contributed by atoms with Crippen molar-refractivity contribution in [3.8, 4) is 0 Å². The fraction of sp³-hybridized carbons (Fsp3) is 0.385. The van der Waals surface area contributed by atoms with Crippen LogP contribution in [0.25, 0.3) is 0 Å². The average molecular weight is 485 g/mol. The summed E-state index contributed by atoms with van der Waals surface area (Å²) >= 11 is 0. The van der Waals surface area contributed by atoms with Crippen LogP contribution in [0.1, 0.15) is 47.4 Å². The summed E-state index contributed by atoms with van der Waals surface area (Å²) in [5, 5.41) is 6.14. The molecule has 2 aromatic carbocycles. The van der Waals surface area contributed by atoms with Crippen LogP contribution in [0.3, 0.4) is 0 Å². The molecule has 0 saturated carbocycles. The van der Waals surface area contributed by atoms with Crippen molar-refractivity contribution in [2.75, 3.05) is 11.9 Å². The third-order valence-corrected chi connectivity index (χ3v) is 6.94. The lowest BCUT2D eigenvalue weighted by atomic mass is 9.76. The highest BCUT2D eigenvalue weighted by molar-refractivity contribution is 5.58. The van der Waals surface area contributed by atoms with Crippen LogP contribution in [0.4, 0.5) is 18.9 Å². The lowest BCUT2D eigenvalue weighted by molar-refractivity contribution is -0.138. The number of imidazole rings is 1. The Morgan fingerprint density at radius 1 is 1.17 bits per heavy atom. The molecule has 184 valence electrons. The topological polar surface area (TPSA) is 68.2 Å². The molecule has 1 amide bonds. The summed E-state index contributed by atoms with van der Waals surface area (Å²) in [5.41, 5.74) is 2.63. The molecule has 0 bridgehead atoms. The number of halogens is 3. The minimum absolute atomic E-state index is 0.00341. The van der Waals surface area contributed by atoms with Gasteiger partial charge < -0.3 is 19.9 Å². The number of anilines is 1. The number of aromatic nitrogens is 2. The Morgan fingerprint density at radius 3 is 2.77 bits per heavy atom. The summed E-state index contributed by atoms with van der Waals surface area (Å²) in [6.45, 7) is 1.06. The Morgan fingerprint density at radius 2 is 2.00 bits per heavy atom. The molecule has 3 aromatic rings. The minimum Gasteiger partial charge on any atom is -0.378 e. The number of hydrogen-bond donors (Lipinski definition) is 2. The second-order valence-electron chi connectivity index (χ2n) is 9.11. The van der Waals surface area contributed by atoms with Gasteiger partial charge in [0.2, 0.25) is 6.41 Å². The third kappa shape index (κ3) is 4.91. The van der Waals surface area contributed by atoms with Gasteiger partial charge in [0.15, 0.2) is 0 Å². The van der Waals surface area contributed by atoms with E-state index in [-0.39, 0.29) is 18.1 Å². The molecular formula is C26H27F3N4O2. The number of fused-ring (bicyclic) bond motifs is 3. The van der Waals surface area contributed by atoms with Crippen molar-refractivity contribution in [3.63, 3.8) is 0 Å². The molecule has 6 nitrogen and oxygen atoms in total. The normalized spacial score (nSPS) is 23.6. The van der Waals surface area contributed by atoms with E-state index < -0.39 is 17.8 Å². The van der Waals surface area contributed by atoms with E-state index in [0.29, 0.717) is 37.2 Å². The Hall–Kier alpha value is -3.33. The number of nitrogens with zero attached hydrogens (tertiary/aromatic N) is 2. The van der Waals surface area contributed by atoms with Gasteiger partial charge in [0.1, 0.15) is 0 Å². The van der Waals surface area contributed by atoms with Gasteiger partial charge in [0.05, 0.1) is 36.7 Å². The first-order valence-electron chi connectivity index (χ1n) is 11.8. The molecule has 2 N–H and O–H groups in total. The lowest BCUT2D eigenvalue weighted by Gasteiger charge is -2.46. The molecule has 0 aliphatic carbocycles. The number of hydrogen-bond acceptors (Lipinski definition) is 4. The van der Waals surface area contributed by atoms with Crippen LogP contribution >= 0.6 is 0 Å². The van der Waals surface area contributed by atoms with E-state index in [2.05, 4.69) is 15.6 Å². The number of carbonyl (C=O) groups is 1. The van der Waals surface area contributed by atoms with E-state index in [1.165, 1.54) is 12.1 Å². The second-order valence-corrected chi connectivity index (χ2v) is 9.11. The fourth-order valence-corrected chi connectivity index (χ4v) is 5.26. The molecule has 2 aliphatic rings. The van der Waals surface area contributed by atoms with Gasteiger partial charge in [-0.25, -0.2) is 4.98 Å². The molecule has 35 heavy (non-hydrogen) atoms. The van der Waals surface area contributed by atoms with Gasteiger partial charge in [-0.3, -0.25) is 4.79 Å². The summed E-state index contributed by atoms with van der Waals surface area (Å²) in [5.74, 6) is 0.00341. The summed E-state index contributed by atoms with van der Waals surface area (Å²) in [7, 11) is 0. The van der Waals surface area contributed by atoms with Gasteiger partial charge in [-0.2, -0.15) is 13.2 Å². The van der Waals surface area contributed by atoms with Crippen molar-refractivity contribution >= 4 is 12.1 Å². The first-order chi connectivity index (χ1) is 16.9. The number of ether oxygens (including phenoxy) is 1. The van der Waals surface area contributed by atoms with Gasteiger partial charge in [-0.15, -0.1) is 0 Å². The maximum absolute atomic E-state index is 13.5. The predicted molar refractivity (Wildman–Crippen MR) is 125 cm³/mol.